The molecular formula is C12H22N2O4. The van der Waals surface area contributed by atoms with Gasteiger partial charge in [0.05, 0.1) is 0 Å². The summed E-state index contributed by atoms with van der Waals surface area (Å²) in [5.41, 5.74) is 0. The van der Waals surface area contributed by atoms with Crippen LogP contribution in [0.3, 0.4) is 0 Å². The Bertz CT molecular complexity index is 290. The van der Waals surface area contributed by atoms with E-state index in [9.17, 15) is 9.59 Å². The Labute approximate surface area is 107 Å². The molecule has 1 aliphatic carbocycles. The van der Waals surface area contributed by atoms with Gasteiger partial charge in [0.1, 0.15) is 0 Å². The van der Waals surface area contributed by atoms with Gasteiger partial charge in [-0.05, 0) is 25.7 Å². The van der Waals surface area contributed by atoms with Crippen LogP contribution in [-0.2, 0) is 4.79 Å². The van der Waals surface area contributed by atoms with Crippen molar-refractivity contribution in [2.75, 3.05) is 6.54 Å². The highest BCUT2D eigenvalue weighted by Gasteiger charge is 2.22. The summed E-state index contributed by atoms with van der Waals surface area (Å²) in [5, 5.41) is 22.9. The molecule has 2 unspecified atom stereocenters. The van der Waals surface area contributed by atoms with Crippen LogP contribution in [0.15, 0.2) is 0 Å². The van der Waals surface area contributed by atoms with Crippen LogP contribution in [0.1, 0.15) is 39.0 Å². The van der Waals surface area contributed by atoms with E-state index in [0.717, 1.165) is 12.8 Å². The Hall–Kier alpha value is -1.30. The summed E-state index contributed by atoms with van der Waals surface area (Å²) < 4.78 is 0. The van der Waals surface area contributed by atoms with Gasteiger partial charge in [-0.25, -0.2) is 9.59 Å². The summed E-state index contributed by atoms with van der Waals surface area (Å²) in [7, 11) is 0. The highest BCUT2D eigenvalue weighted by atomic mass is 16.4. The van der Waals surface area contributed by atoms with E-state index in [1.165, 1.54) is 12.8 Å². The van der Waals surface area contributed by atoms with Crippen molar-refractivity contribution in [3.8, 4) is 0 Å². The molecule has 1 rings (SSSR count). The van der Waals surface area contributed by atoms with Gasteiger partial charge in [-0.3, -0.25) is 0 Å². The van der Waals surface area contributed by atoms with Crippen molar-refractivity contribution in [1.29, 1.82) is 0 Å². The summed E-state index contributed by atoms with van der Waals surface area (Å²) >= 11 is 0. The zero-order valence-electron chi connectivity index (χ0n) is 10.7. The Morgan fingerprint density at radius 2 is 1.94 bits per heavy atom. The molecule has 0 aliphatic heterocycles. The maximum atomic E-state index is 11.5. The standard InChI is InChI=1S/C12H22N2O4/c1-8(9-4-2-3-5-9)14-12(18)13-7-6-10(15)11(16)17/h8-10,15H,2-7H2,1H3,(H,16,17)(H2,13,14,18). The number of carbonyl (C=O) groups excluding carboxylic acids is 1. The second-order valence-corrected chi connectivity index (χ2v) is 4.88. The first kappa shape index (κ1) is 14.8. The Morgan fingerprint density at radius 1 is 1.33 bits per heavy atom. The predicted molar refractivity (Wildman–Crippen MR) is 66.2 cm³/mol. The fraction of sp³-hybridized carbons (Fsp3) is 0.833. The molecular weight excluding hydrogens is 236 g/mol. The minimum absolute atomic E-state index is 0.0144. The molecule has 0 bridgehead atoms. The molecule has 6 heteroatoms. The number of aliphatic hydroxyl groups excluding tert-OH is 1. The molecule has 0 heterocycles. The van der Waals surface area contributed by atoms with Crippen LogP contribution in [-0.4, -0.2) is 40.9 Å². The number of urea groups is 1. The first-order chi connectivity index (χ1) is 8.50. The van der Waals surface area contributed by atoms with Gasteiger partial charge >= 0.3 is 12.0 Å². The summed E-state index contributed by atoms with van der Waals surface area (Å²) in [6, 6.07) is -0.163. The average Bonchev–Trinajstić information content (AvgIpc) is 2.81. The molecule has 1 fully saturated rings. The van der Waals surface area contributed by atoms with Crippen LogP contribution in [0.2, 0.25) is 0 Å². The zero-order chi connectivity index (χ0) is 13.5. The number of aliphatic carboxylic acids is 1. The van der Waals surface area contributed by atoms with Crippen LogP contribution in [0, 0.1) is 5.92 Å². The predicted octanol–water partition coefficient (Wildman–Crippen LogP) is 0.700. The third-order valence-corrected chi connectivity index (χ3v) is 3.45. The molecule has 0 saturated heterocycles. The highest BCUT2D eigenvalue weighted by Crippen LogP contribution is 2.27. The van der Waals surface area contributed by atoms with Gasteiger partial charge in [-0.1, -0.05) is 12.8 Å². The van der Waals surface area contributed by atoms with Gasteiger partial charge in [0.2, 0.25) is 0 Å². The smallest absolute Gasteiger partial charge is 0.332 e. The van der Waals surface area contributed by atoms with Crippen molar-refractivity contribution in [2.45, 2.75) is 51.2 Å². The topological polar surface area (TPSA) is 98.7 Å². The van der Waals surface area contributed by atoms with Crippen LogP contribution < -0.4 is 10.6 Å². The molecule has 0 spiro atoms. The number of carboxylic acid groups (broad SMARTS) is 1. The largest absolute Gasteiger partial charge is 0.479 e. The number of amides is 2. The van der Waals surface area contributed by atoms with E-state index in [4.69, 9.17) is 10.2 Å². The molecule has 1 saturated carbocycles. The number of carboxylic acids is 1. The fourth-order valence-corrected chi connectivity index (χ4v) is 2.28. The van der Waals surface area contributed by atoms with Gasteiger partial charge in [-0.2, -0.15) is 0 Å². The van der Waals surface area contributed by atoms with Crippen LogP contribution >= 0.6 is 0 Å². The summed E-state index contributed by atoms with van der Waals surface area (Å²) in [6.07, 6.45) is 3.35. The van der Waals surface area contributed by atoms with E-state index >= 15 is 0 Å². The van der Waals surface area contributed by atoms with Crippen LogP contribution in [0.5, 0.6) is 0 Å². The van der Waals surface area contributed by atoms with Gasteiger partial charge in [0.25, 0.3) is 0 Å². The van der Waals surface area contributed by atoms with Gasteiger partial charge < -0.3 is 20.8 Å². The Morgan fingerprint density at radius 3 is 2.50 bits per heavy atom. The number of carbonyl (C=O) groups is 2. The van der Waals surface area contributed by atoms with Crippen LogP contribution in [0.25, 0.3) is 0 Å². The highest BCUT2D eigenvalue weighted by molar-refractivity contribution is 5.74. The van der Waals surface area contributed by atoms with E-state index in [1.807, 2.05) is 6.92 Å². The molecule has 0 radical (unpaired) electrons. The molecule has 0 aromatic rings. The molecule has 6 nitrogen and oxygen atoms in total. The number of rotatable bonds is 6. The van der Waals surface area contributed by atoms with Crippen molar-refractivity contribution in [3.63, 3.8) is 0 Å². The monoisotopic (exact) mass is 258 g/mol. The number of hydrogen-bond donors (Lipinski definition) is 4. The maximum absolute atomic E-state index is 11.5. The van der Waals surface area contributed by atoms with E-state index in [0.29, 0.717) is 5.92 Å². The lowest BCUT2D eigenvalue weighted by molar-refractivity contribution is -0.146. The van der Waals surface area contributed by atoms with Crippen molar-refractivity contribution < 1.29 is 19.8 Å². The SMILES string of the molecule is CC(NC(=O)NCCC(O)C(=O)O)C1CCCC1. The van der Waals surface area contributed by atoms with E-state index in [1.54, 1.807) is 0 Å². The summed E-state index contributed by atoms with van der Waals surface area (Å²) in [4.78, 5) is 21.9. The minimum atomic E-state index is -1.42. The van der Waals surface area contributed by atoms with E-state index in [2.05, 4.69) is 10.6 Å². The second-order valence-electron chi connectivity index (χ2n) is 4.88. The molecule has 18 heavy (non-hydrogen) atoms. The van der Waals surface area contributed by atoms with Crippen molar-refractivity contribution in [3.05, 3.63) is 0 Å². The average molecular weight is 258 g/mol. The molecule has 2 amide bonds. The van der Waals surface area contributed by atoms with Gasteiger partial charge in [0, 0.05) is 19.0 Å². The Balaban J connectivity index is 2.15. The molecule has 4 N–H and O–H groups in total. The quantitative estimate of drug-likeness (QED) is 0.563. The molecule has 104 valence electrons. The normalized spacial score (nSPS) is 19.2. The van der Waals surface area contributed by atoms with E-state index in [-0.39, 0.29) is 25.0 Å². The third-order valence-electron chi connectivity index (χ3n) is 3.45. The lowest BCUT2D eigenvalue weighted by atomic mass is 10.0. The lowest BCUT2D eigenvalue weighted by Crippen LogP contribution is -2.44. The van der Waals surface area contributed by atoms with Crippen molar-refractivity contribution >= 4 is 12.0 Å². The molecule has 0 aromatic carbocycles. The van der Waals surface area contributed by atoms with Crippen LogP contribution in [0.4, 0.5) is 4.79 Å². The molecule has 0 aromatic heterocycles. The first-order valence-electron chi connectivity index (χ1n) is 6.46. The van der Waals surface area contributed by atoms with Gasteiger partial charge in [0.15, 0.2) is 6.10 Å². The maximum Gasteiger partial charge on any atom is 0.332 e. The summed E-state index contributed by atoms with van der Waals surface area (Å²) in [5.74, 6) is -0.725. The number of nitrogens with one attached hydrogen (secondary N) is 2. The Kier molecular flexibility index (Phi) is 5.91. The number of aliphatic hydroxyl groups is 1. The van der Waals surface area contributed by atoms with Crippen molar-refractivity contribution in [1.82, 2.24) is 10.6 Å². The lowest BCUT2D eigenvalue weighted by Gasteiger charge is -2.20. The van der Waals surface area contributed by atoms with E-state index < -0.39 is 12.1 Å². The molecule has 1 aliphatic rings. The zero-order valence-corrected chi connectivity index (χ0v) is 10.7. The van der Waals surface area contributed by atoms with Gasteiger partial charge in [-0.15, -0.1) is 0 Å². The molecule has 2 atom stereocenters. The summed E-state index contributed by atoms with van der Waals surface area (Å²) in [6.45, 7) is 2.14. The van der Waals surface area contributed by atoms with Crippen molar-refractivity contribution in [2.24, 2.45) is 5.92 Å². The minimum Gasteiger partial charge on any atom is -0.479 e. The fourth-order valence-electron chi connectivity index (χ4n) is 2.28. The third kappa shape index (κ3) is 4.91. The first-order valence-corrected chi connectivity index (χ1v) is 6.46. The second kappa shape index (κ2) is 7.20. The number of hydrogen-bond acceptors (Lipinski definition) is 3.